The van der Waals surface area contributed by atoms with Gasteiger partial charge in [0.2, 0.25) is 0 Å². The third kappa shape index (κ3) is 5.18. The molecule has 0 radical (unpaired) electrons. The van der Waals surface area contributed by atoms with E-state index in [1.807, 2.05) is 26.8 Å². The van der Waals surface area contributed by atoms with Crippen molar-refractivity contribution >= 4 is 26.7 Å². The van der Waals surface area contributed by atoms with Crippen LogP contribution in [0.3, 0.4) is 0 Å². The minimum atomic E-state index is -3.09. The molecule has 3 rings (SSSR count). The molecule has 1 aromatic heterocycles. The minimum absolute atomic E-state index is 0.00634. The summed E-state index contributed by atoms with van der Waals surface area (Å²) in [4.78, 5) is 26.1. The zero-order valence-corrected chi connectivity index (χ0v) is 17.8. The first kappa shape index (κ1) is 21.4. The minimum Gasteiger partial charge on any atom is -0.484 e. The molecule has 2 aromatic rings. The number of carbonyl (C=O) groups is 1. The fourth-order valence-electron chi connectivity index (χ4n) is 3.69. The largest absolute Gasteiger partial charge is 0.484 e. The quantitative estimate of drug-likeness (QED) is 0.637. The lowest BCUT2D eigenvalue weighted by Gasteiger charge is -2.29. The van der Waals surface area contributed by atoms with Gasteiger partial charge in [0.05, 0.1) is 11.5 Å². The van der Waals surface area contributed by atoms with Gasteiger partial charge in [-0.25, -0.2) is 13.2 Å². The highest BCUT2D eigenvalue weighted by atomic mass is 32.2. The third-order valence-corrected chi connectivity index (χ3v) is 6.83. The average Bonchev–Trinajstić information content (AvgIpc) is 3.02. The number of nitrogens with zero attached hydrogens (tertiary/aromatic N) is 1. The van der Waals surface area contributed by atoms with Crippen molar-refractivity contribution in [1.82, 2.24) is 4.90 Å². The summed E-state index contributed by atoms with van der Waals surface area (Å²) in [6.07, 6.45) is 1.16. The lowest BCUT2D eigenvalue weighted by molar-refractivity contribution is -0.135. The Labute approximate surface area is 170 Å². The van der Waals surface area contributed by atoms with Crippen LogP contribution in [0.25, 0.3) is 11.0 Å². The van der Waals surface area contributed by atoms with Gasteiger partial charge in [-0.3, -0.25) is 4.79 Å². The molecule has 158 valence electrons. The standard InChI is InChI=1S/C21H27NO6S/c1-4-15-9-21(24)28-19-10-17(5-6-18(15)19)27-12-20(23)22(11-14(2)3)16-7-8-29(25,26)13-16/h5-6,9-10,14,16H,4,7-8,11-13H2,1-3H3/t16-/m1/s1. The number of benzene rings is 1. The van der Waals surface area contributed by atoms with E-state index in [0.29, 0.717) is 30.7 Å². The van der Waals surface area contributed by atoms with E-state index >= 15 is 0 Å². The third-order valence-electron chi connectivity index (χ3n) is 5.08. The summed E-state index contributed by atoms with van der Waals surface area (Å²) in [5.74, 6) is 0.510. The molecular formula is C21H27NO6S. The van der Waals surface area contributed by atoms with Gasteiger partial charge in [-0.2, -0.15) is 0 Å². The van der Waals surface area contributed by atoms with E-state index in [4.69, 9.17) is 9.15 Å². The smallest absolute Gasteiger partial charge is 0.336 e. The van der Waals surface area contributed by atoms with Gasteiger partial charge in [-0.15, -0.1) is 0 Å². The summed E-state index contributed by atoms with van der Waals surface area (Å²) in [6, 6.07) is 6.33. The molecule has 8 heteroatoms. The number of hydrogen-bond donors (Lipinski definition) is 0. The SMILES string of the molecule is CCc1cc(=O)oc2cc(OCC(=O)N(CC(C)C)[C@@H]3CCS(=O)(=O)C3)ccc12. The summed E-state index contributed by atoms with van der Waals surface area (Å²) in [6.45, 7) is 6.22. The molecule has 1 amide bonds. The Hall–Kier alpha value is -2.35. The van der Waals surface area contributed by atoms with E-state index in [1.54, 1.807) is 17.0 Å². The van der Waals surface area contributed by atoms with Gasteiger partial charge in [0.15, 0.2) is 16.4 Å². The van der Waals surface area contributed by atoms with E-state index in [1.165, 1.54) is 6.07 Å². The highest BCUT2D eigenvalue weighted by molar-refractivity contribution is 7.91. The van der Waals surface area contributed by atoms with Crippen LogP contribution in [0.4, 0.5) is 0 Å². The number of sulfone groups is 1. The molecule has 1 aliphatic rings. The van der Waals surface area contributed by atoms with E-state index < -0.39 is 15.5 Å². The van der Waals surface area contributed by atoms with Crippen molar-refractivity contribution < 1.29 is 22.4 Å². The second-order valence-corrected chi connectivity index (χ2v) is 10.1. The molecule has 1 aliphatic heterocycles. The monoisotopic (exact) mass is 421 g/mol. The van der Waals surface area contributed by atoms with Gasteiger partial charge in [0.1, 0.15) is 11.3 Å². The molecule has 29 heavy (non-hydrogen) atoms. The predicted octanol–water partition coefficient (Wildman–Crippen LogP) is 2.41. The Kier molecular flexibility index (Phi) is 6.31. The molecule has 1 atom stereocenters. The zero-order valence-electron chi connectivity index (χ0n) is 17.0. The van der Waals surface area contributed by atoms with Crippen LogP contribution in [-0.2, 0) is 21.1 Å². The number of ether oxygens (including phenoxy) is 1. The van der Waals surface area contributed by atoms with Crippen LogP contribution in [-0.4, -0.2) is 49.9 Å². The number of amides is 1. The molecule has 0 unspecified atom stereocenters. The van der Waals surface area contributed by atoms with Crippen LogP contribution < -0.4 is 10.4 Å². The second-order valence-electron chi connectivity index (χ2n) is 7.89. The van der Waals surface area contributed by atoms with Crippen LogP contribution in [0.5, 0.6) is 5.75 Å². The number of carbonyl (C=O) groups excluding carboxylic acids is 1. The average molecular weight is 422 g/mol. The van der Waals surface area contributed by atoms with Gasteiger partial charge in [-0.05, 0) is 36.5 Å². The first-order chi connectivity index (χ1) is 13.7. The van der Waals surface area contributed by atoms with Crippen LogP contribution in [0.1, 0.15) is 32.8 Å². The first-order valence-corrected chi connectivity index (χ1v) is 11.7. The maximum absolute atomic E-state index is 12.8. The molecule has 0 bridgehead atoms. The van der Waals surface area contributed by atoms with E-state index in [9.17, 15) is 18.0 Å². The number of fused-ring (bicyclic) bond motifs is 1. The summed E-state index contributed by atoms with van der Waals surface area (Å²) in [5, 5.41) is 0.836. The maximum atomic E-state index is 12.8. The van der Waals surface area contributed by atoms with Crippen molar-refractivity contribution in [2.45, 2.75) is 39.7 Å². The first-order valence-electron chi connectivity index (χ1n) is 9.88. The lowest BCUT2D eigenvalue weighted by atomic mass is 10.1. The summed E-state index contributed by atoms with van der Waals surface area (Å²) >= 11 is 0. The van der Waals surface area contributed by atoms with Gasteiger partial charge >= 0.3 is 5.63 Å². The van der Waals surface area contributed by atoms with Crippen molar-refractivity contribution in [1.29, 1.82) is 0 Å². The van der Waals surface area contributed by atoms with Crippen molar-refractivity contribution in [2.75, 3.05) is 24.7 Å². The molecule has 2 heterocycles. The Bertz CT molecular complexity index is 1060. The van der Waals surface area contributed by atoms with Gasteiger partial charge in [0, 0.05) is 30.1 Å². The number of hydrogen-bond acceptors (Lipinski definition) is 6. The molecular weight excluding hydrogens is 394 g/mol. The van der Waals surface area contributed by atoms with E-state index in [2.05, 4.69) is 0 Å². The highest BCUT2D eigenvalue weighted by Gasteiger charge is 2.35. The predicted molar refractivity (Wildman–Crippen MR) is 111 cm³/mol. The van der Waals surface area contributed by atoms with E-state index in [0.717, 1.165) is 10.9 Å². The van der Waals surface area contributed by atoms with Crippen molar-refractivity contribution in [3.05, 3.63) is 40.2 Å². The van der Waals surface area contributed by atoms with Crippen LogP contribution >= 0.6 is 0 Å². The summed E-state index contributed by atoms with van der Waals surface area (Å²) in [5.41, 5.74) is 0.887. The van der Waals surface area contributed by atoms with Gasteiger partial charge < -0.3 is 14.1 Å². The Morgan fingerprint density at radius 3 is 2.69 bits per heavy atom. The second kappa shape index (κ2) is 8.57. The van der Waals surface area contributed by atoms with Crippen LogP contribution in [0.15, 0.2) is 33.5 Å². The molecule has 1 saturated heterocycles. The normalized spacial score (nSPS) is 18.3. The Morgan fingerprint density at radius 1 is 1.31 bits per heavy atom. The van der Waals surface area contributed by atoms with Crippen LogP contribution in [0.2, 0.25) is 0 Å². The van der Waals surface area contributed by atoms with Crippen molar-refractivity contribution in [3.8, 4) is 5.75 Å². The summed E-state index contributed by atoms with van der Waals surface area (Å²) in [7, 11) is -3.09. The molecule has 0 spiro atoms. The zero-order chi connectivity index (χ0) is 21.2. The van der Waals surface area contributed by atoms with Gasteiger partial charge in [0.25, 0.3) is 5.91 Å². The number of aryl methyl sites for hydroxylation is 1. The fraction of sp³-hybridized carbons (Fsp3) is 0.524. The van der Waals surface area contributed by atoms with Gasteiger partial charge in [-0.1, -0.05) is 20.8 Å². The molecule has 0 saturated carbocycles. The molecule has 1 aromatic carbocycles. The van der Waals surface area contributed by atoms with E-state index in [-0.39, 0.29) is 36.0 Å². The molecule has 0 N–H and O–H groups in total. The highest BCUT2D eigenvalue weighted by Crippen LogP contribution is 2.24. The molecule has 0 aliphatic carbocycles. The lowest BCUT2D eigenvalue weighted by Crippen LogP contribution is -2.45. The van der Waals surface area contributed by atoms with Crippen molar-refractivity contribution in [2.24, 2.45) is 5.92 Å². The van der Waals surface area contributed by atoms with Crippen molar-refractivity contribution in [3.63, 3.8) is 0 Å². The number of rotatable bonds is 7. The van der Waals surface area contributed by atoms with Crippen LogP contribution in [0, 0.1) is 5.92 Å². The summed E-state index contributed by atoms with van der Waals surface area (Å²) < 4.78 is 34.6. The fourth-order valence-corrected chi connectivity index (χ4v) is 5.42. The molecule has 1 fully saturated rings. The maximum Gasteiger partial charge on any atom is 0.336 e. The molecule has 7 nitrogen and oxygen atoms in total. The topological polar surface area (TPSA) is 93.9 Å². The Balaban J connectivity index is 1.74. The Morgan fingerprint density at radius 2 is 2.07 bits per heavy atom.